The molecule has 24 heavy (non-hydrogen) atoms. The lowest BCUT2D eigenvalue weighted by Crippen LogP contribution is -3.00. The van der Waals surface area contributed by atoms with Gasteiger partial charge >= 0.3 is 0 Å². The fourth-order valence-electron chi connectivity index (χ4n) is 3.47. The number of likely N-dealkylation sites (N-methyl/N-ethyl adjacent to an activating group) is 1. The van der Waals surface area contributed by atoms with Crippen LogP contribution in [0.25, 0.3) is 0 Å². The summed E-state index contributed by atoms with van der Waals surface area (Å²) in [6, 6.07) is 6.36. The van der Waals surface area contributed by atoms with E-state index in [1.165, 1.54) is 24.0 Å². The van der Waals surface area contributed by atoms with Crippen molar-refractivity contribution in [3.05, 3.63) is 29.3 Å². The number of ether oxygens (including phenoxy) is 1. The Balaban J connectivity index is 0.00000144. The molecule has 1 atom stereocenters. The largest absolute Gasteiger partial charge is 1.00 e. The van der Waals surface area contributed by atoms with Crippen molar-refractivity contribution in [1.82, 2.24) is 9.80 Å². The molecule has 4 nitrogen and oxygen atoms in total. The molecule has 1 aromatic rings. The summed E-state index contributed by atoms with van der Waals surface area (Å²) in [6.45, 7) is 8.72. The molecular weight excluding hydrogens is 347 g/mol. The topological polar surface area (TPSA) is 35.9 Å². The molecule has 6 heteroatoms. The quantitative estimate of drug-likeness (QED) is 0.545. The fraction of sp³-hybridized carbons (Fsp3) is 0.667. The summed E-state index contributed by atoms with van der Waals surface area (Å²) in [5, 5.41) is 10.2. The Labute approximate surface area is 158 Å². The van der Waals surface area contributed by atoms with Gasteiger partial charge < -0.3 is 39.6 Å². The smallest absolute Gasteiger partial charge is 0.119 e. The van der Waals surface area contributed by atoms with Gasteiger partial charge in [0.25, 0.3) is 0 Å². The summed E-state index contributed by atoms with van der Waals surface area (Å²) in [6.07, 6.45) is 3.20. The van der Waals surface area contributed by atoms with Crippen molar-refractivity contribution >= 4 is 0 Å². The fourth-order valence-corrected chi connectivity index (χ4v) is 3.47. The summed E-state index contributed by atoms with van der Waals surface area (Å²) in [5.74, 6) is 0.899. The summed E-state index contributed by atoms with van der Waals surface area (Å²) in [5.41, 5.74) is 2.88. The zero-order valence-electron chi connectivity index (χ0n) is 14.4. The number of hydrogen-bond donors (Lipinski definition) is 1. The average Bonchev–Trinajstić information content (AvgIpc) is 3.01. The second-order valence-corrected chi connectivity index (χ2v) is 6.48. The van der Waals surface area contributed by atoms with E-state index in [2.05, 4.69) is 28.9 Å². The summed E-state index contributed by atoms with van der Waals surface area (Å²) in [7, 11) is 0. The van der Waals surface area contributed by atoms with Crippen LogP contribution in [0.5, 0.6) is 5.75 Å². The normalized spacial score (nSPS) is 19.1. The lowest BCUT2D eigenvalue weighted by Gasteiger charge is -2.34. The van der Waals surface area contributed by atoms with E-state index >= 15 is 0 Å². The number of rotatable bonds is 6. The molecule has 1 heterocycles. The number of halogens is 2. The lowest BCUT2D eigenvalue weighted by atomic mass is 10.1. The molecular formula is C18H28Cl2N2O2-2. The van der Waals surface area contributed by atoms with Crippen molar-refractivity contribution in [3.8, 4) is 5.75 Å². The van der Waals surface area contributed by atoms with Gasteiger partial charge in [0.15, 0.2) is 0 Å². The van der Waals surface area contributed by atoms with E-state index in [9.17, 15) is 5.11 Å². The van der Waals surface area contributed by atoms with Gasteiger partial charge in [0, 0.05) is 32.7 Å². The van der Waals surface area contributed by atoms with E-state index in [0.717, 1.165) is 44.9 Å². The summed E-state index contributed by atoms with van der Waals surface area (Å²) in [4.78, 5) is 4.78. The van der Waals surface area contributed by atoms with Crippen LogP contribution in [0.2, 0.25) is 0 Å². The van der Waals surface area contributed by atoms with Crippen molar-refractivity contribution in [1.29, 1.82) is 0 Å². The highest BCUT2D eigenvalue weighted by Gasteiger charge is 2.18. The van der Waals surface area contributed by atoms with Gasteiger partial charge in [0.2, 0.25) is 0 Å². The highest BCUT2D eigenvalue weighted by Crippen LogP contribution is 2.26. The van der Waals surface area contributed by atoms with Gasteiger partial charge in [-0.25, -0.2) is 0 Å². The van der Waals surface area contributed by atoms with Gasteiger partial charge in [-0.15, -0.1) is 0 Å². The maximum Gasteiger partial charge on any atom is 0.119 e. The van der Waals surface area contributed by atoms with Crippen LogP contribution in [0.15, 0.2) is 18.2 Å². The van der Waals surface area contributed by atoms with Gasteiger partial charge in [-0.3, -0.25) is 4.90 Å². The standard InChI is InChI=1S/C18H28N2O2.2ClH/c1-2-19-8-10-20(11-9-19)13-17(21)14-22-18-7-6-15-4-3-5-16(15)12-18;;/h6-7,12,17,21H,2-5,8-11,13-14H2,1H3;2*1H/p-2. The van der Waals surface area contributed by atoms with Crippen molar-refractivity contribution in [2.75, 3.05) is 45.9 Å². The van der Waals surface area contributed by atoms with E-state index in [1.54, 1.807) is 0 Å². The van der Waals surface area contributed by atoms with Crippen molar-refractivity contribution in [3.63, 3.8) is 0 Å². The molecule has 2 aliphatic rings. The lowest BCUT2D eigenvalue weighted by molar-refractivity contribution is -0.00100. The van der Waals surface area contributed by atoms with Crippen LogP contribution in [0.3, 0.4) is 0 Å². The van der Waals surface area contributed by atoms with Crippen LogP contribution in [-0.4, -0.2) is 66.9 Å². The number of aryl methyl sites for hydroxylation is 2. The van der Waals surface area contributed by atoms with Crippen molar-refractivity contribution in [2.45, 2.75) is 32.3 Å². The molecule has 0 aromatic heterocycles. The first-order valence-electron chi connectivity index (χ1n) is 8.62. The maximum absolute atomic E-state index is 10.2. The third kappa shape index (κ3) is 5.78. The number of fused-ring (bicyclic) bond motifs is 1. The second-order valence-electron chi connectivity index (χ2n) is 6.48. The number of aliphatic hydroxyl groups is 1. The number of hydrogen-bond acceptors (Lipinski definition) is 4. The molecule has 1 aliphatic heterocycles. The summed E-state index contributed by atoms with van der Waals surface area (Å²) >= 11 is 0. The Bertz CT molecular complexity index is 494. The molecule has 138 valence electrons. The average molecular weight is 375 g/mol. The van der Waals surface area contributed by atoms with Gasteiger partial charge in [0.1, 0.15) is 18.5 Å². The molecule has 1 aromatic carbocycles. The molecule has 1 N–H and O–H groups in total. The van der Waals surface area contributed by atoms with Crippen LogP contribution in [0.4, 0.5) is 0 Å². The minimum atomic E-state index is -0.415. The van der Waals surface area contributed by atoms with E-state index in [1.807, 2.05) is 6.07 Å². The van der Waals surface area contributed by atoms with E-state index in [4.69, 9.17) is 4.74 Å². The molecule has 0 saturated carbocycles. The molecule has 0 spiro atoms. The third-order valence-electron chi connectivity index (χ3n) is 4.89. The highest BCUT2D eigenvalue weighted by molar-refractivity contribution is 5.38. The molecule has 1 saturated heterocycles. The predicted octanol–water partition coefficient (Wildman–Crippen LogP) is -4.44. The SMILES string of the molecule is CCN1CCN(CC(O)COc2ccc3c(c2)CCC3)CC1.[Cl-].[Cl-]. The number of β-amino-alcohol motifs (C(OH)–C–C–N with tert-alkyl or cyclic N) is 1. The molecule has 1 aliphatic carbocycles. The van der Waals surface area contributed by atoms with Gasteiger partial charge in [0.05, 0.1) is 0 Å². The second kappa shape index (κ2) is 10.5. The van der Waals surface area contributed by atoms with Gasteiger partial charge in [-0.1, -0.05) is 13.0 Å². The molecule has 1 fully saturated rings. The molecule has 0 bridgehead atoms. The zero-order valence-corrected chi connectivity index (χ0v) is 15.9. The highest BCUT2D eigenvalue weighted by atomic mass is 35.5. The van der Waals surface area contributed by atoms with Crippen LogP contribution in [0.1, 0.15) is 24.5 Å². The van der Waals surface area contributed by atoms with Crippen LogP contribution in [-0.2, 0) is 12.8 Å². The zero-order chi connectivity index (χ0) is 15.4. The Morgan fingerprint density at radius 2 is 1.71 bits per heavy atom. The first kappa shape index (κ1) is 21.5. The Morgan fingerprint density at radius 1 is 1.04 bits per heavy atom. The predicted molar refractivity (Wildman–Crippen MR) is 88.5 cm³/mol. The van der Waals surface area contributed by atoms with Gasteiger partial charge in [-0.2, -0.15) is 0 Å². The third-order valence-corrected chi connectivity index (χ3v) is 4.89. The number of aliphatic hydroxyl groups excluding tert-OH is 1. The Hall–Kier alpha value is -0.520. The van der Waals surface area contributed by atoms with E-state index < -0.39 is 6.10 Å². The van der Waals surface area contributed by atoms with E-state index in [-0.39, 0.29) is 24.8 Å². The first-order valence-corrected chi connectivity index (χ1v) is 8.62. The van der Waals surface area contributed by atoms with Crippen LogP contribution >= 0.6 is 0 Å². The first-order chi connectivity index (χ1) is 10.7. The maximum atomic E-state index is 10.2. The summed E-state index contributed by atoms with van der Waals surface area (Å²) < 4.78 is 5.79. The Morgan fingerprint density at radius 3 is 2.42 bits per heavy atom. The minimum absolute atomic E-state index is 0. The number of benzene rings is 1. The van der Waals surface area contributed by atoms with Crippen LogP contribution < -0.4 is 29.6 Å². The molecule has 0 amide bonds. The van der Waals surface area contributed by atoms with E-state index in [0.29, 0.717) is 13.2 Å². The monoisotopic (exact) mass is 374 g/mol. The number of piperazine rings is 1. The van der Waals surface area contributed by atoms with Crippen LogP contribution in [0, 0.1) is 0 Å². The van der Waals surface area contributed by atoms with Gasteiger partial charge in [-0.05, 0) is 49.1 Å². The minimum Gasteiger partial charge on any atom is -1.00 e. The Kier molecular flexibility index (Phi) is 9.39. The molecule has 0 radical (unpaired) electrons. The van der Waals surface area contributed by atoms with Crippen molar-refractivity contribution < 1.29 is 34.7 Å². The number of nitrogens with zero attached hydrogens (tertiary/aromatic N) is 2. The molecule has 1 unspecified atom stereocenters. The molecule has 3 rings (SSSR count). The van der Waals surface area contributed by atoms with Crippen molar-refractivity contribution in [2.24, 2.45) is 0 Å².